The quantitative estimate of drug-likeness (QED) is 0.587. The number of esters is 1. The first-order chi connectivity index (χ1) is 11.9. The van der Waals surface area contributed by atoms with Crippen LogP contribution < -0.4 is 10.1 Å². The summed E-state index contributed by atoms with van der Waals surface area (Å²) in [6.45, 7) is 1.01. The van der Waals surface area contributed by atoms with Crippen molar-refractivity contribution in [2.24, 2.45) is 0 Å². The molecule has 0 atom stereocenters. The molecule has 0 aliphatic rings. The topological polar surface area (TPSA) is 81.7 Å². The first-order valence-electron chi connectivity index (χ1n) is 7.32. The van der Waals surface area contributed by atoms with Crippen LogP contribution in [0.2, 0.25) is 0 Å². The number of methoxy groups -OCH3 is 1. The van der Waals surface area contributed by atoms with Gasteiger partial charge >= 0.3 is 5.97 Å². The lowest BCUT2D eigenvalue weighted by Crippen LogP contribution is -2.15. The summed E-state index contributed by atoms with van der Waals surface area (Å²) < 4.78 is 10.7. The van der Waals surface area contributed by atoms with Gasteiger partial charge in [0, 0.05) is 22.6 Å². The Morgan fingerprint density at radius 3 is 2.36 bits per heavy atom. The molecule has 2 aromatic rings. The fraction of sp³-hybridized carbons (Fsp3) is 0.167. The van der Waals surface area contributed by atoms with Crippen LogP contribution in [0.3, 0.4) is 0 Å². The molecule has 0 aliphatic carbocycles. The maximum Gasteiger partial charge on any atom is 0.339 e. The Morgan fingerprint density at radius 2 is 1.76 bits per heavy atom. The van der Waals surface area contributed by atoms with Gasteiger partial charge in [0.15, 0.2) is 12.4 Å². The largest absolute Gasteiger partial charge is 0.497 e. The van der Waals surface area contributed by atoms with Crippen molar-refractivity contribution in [3.05, 3.63) is 58.1 Å². The second-order valence-electron chi connectivity index (χ2n) is 5.10. The van der Waals surface area contributed by atoms with Crippen molar-refractivity contribution >= 4 is 39.3 Å². The van der Waals surface area contributed by atoms with E-state index < -0.39 is 5.97 Å². The molecule has 1 amide bonds. The van der Waals surface area contributed by atoms with E-state index in [9.17, 15) is 14.4 Å². The van der Waals surface area contributed by atoms with Gasteiger partial charge in [-0.25, -0.2) is 4.79 Å². The van der Waals surface area contributed by atoms with Gasteiger partial charge in [-0.1, -0.05) is 0 Å². The zero-order valence-corrected chi connectivity index (χ0v) is 15.3. The highest BCUT2D eigenvalue weighted by molar-refractivity contribution is 9.10. The third-order valence-electron chi connectivity index (χ3n) is 3.26. The van der Waals surface area contributed by atoms with E-state index in [2.05, 4.69) is 21.2 Å². The van der Waals surface area contributed by atoms with Crippen molar-refractivity contribution in [3.63, 3.8) is 0 Å². The Morgan fingerprint density at radius 1 is 1.08 bits per heavy atom. The summed E-state index contributed by atoms with van der Waals surface area (Å²) in [6.07, 6.45) is 0. The zero-order valence-electron chi connectivity index (χ0n) is 13.7. The second kappa shape index (κ2) is 8.43. The number of hydrogen-bond donors (Lipinski definition) is 1. The molecule has 2 rings (SSSR count). The smallest absolute Gasteiger partial charge is 0.339 e. The first kappa shape index (κ1) is 18.7. The normalized spacial score (nSPS) is 10.0. The molecule has 0 spiro atoms. The SMILES string of the molecule is COc1ccc(Br)c(C(=O)OCC(=O)c2ccc(NC(C)=O)cc2)c1. The van der Waals surface area contributed by atoms with Crippen LogP contribution in [-0.2, 0) is 9.53 Å². The Hall–Kier alpha value is -2.67. The van der Waals surface area contributed by atoms with Crippen molar-refractivity contribution in [2.75, 3.05) is 19.0 Å². The number of halogens is 1. The number of rotatable bonds is 6. The van der Waals surface area contributed by atoms with Crippen LogP contribution in [0.5, 0.6) is 5.75 Å². The number of anilines is 1. The van der Waals surface area contributed by atoms with E-state index in [0.717, 1.165) is 0 Å². The molecule has 0 radical (unpaired) electrons. The molecule has 0 aliphatic heterocycles. The summed E-state index contributed by atoms with van der Waals surface area (Å²) >= 11 is 3.26. The molecule has 2 aromatic carbocycles. The lowest BCUT2D eigenvalue weighted by atomic mass is 10.1. The molecule has 0 saturated carbocycles. The molecule has 0 heterocycles. The second-order valence-corrected chi connectivity index (χ2v) is 5.96. The summed E-state index contributed by atoms with van der Waals surface area (Å²) in [5, 5.41) is 2.61. The molecule has 6 nitrogen and oxygen atoms in total. The van der Waals surface area contributed by atoms with Crippen LogP contribution in [0.15, 0.2) is 46.9 Å². The summed E-state index contributed by atoms with van der Waals surface area (Å²) in [4.78, 5) is 35.2. The highest BCUT2D eigenvalue weighted by atomic mass is 79.9. The van der Waals surface area contributed by atoms with Gasteiger partial charge in [-0.05, 0) is 58.4 Å². The molecule has 7 heteroatoms. The van der Waals surface area contributed by atoms with E-state index in [1.54, 1.807) is 36.4 Å². The van der Waals surface area contributed by atoms with Crippen LogP contribution in [0, 0.1) is 0 Å². The summed E-state index contributed by atoms with van der Waals surface area (Å²) in [6, 6.07) is 11.2. The average molecular weight is 406 g/mol. The number of ether oxygens (including phenoxy) is 2. The van der Waals surface area contributed by atoms with E-state index in [1.165, 1.54) is 20.1 Å². The summed E-state index contributed by atoms with van der Waals surface area (Å²) in [5.41, 5.74) is 1.24. The predicted molar refractivity (Wildman–Crippen MR) is 96.1 cm³/mol. The minimum Gasteiger partial charge on any atom is -0.497 e. The Labute approximate surface area is 153 Å². The molecule has 0 bridgehead atoms. The van der Waals surface area contributed by atoms with E-state index in [-0.39, 0.29) is 23.9 Å². The molecule has 0 aromatic heterocycles. The van der Waals surface area contributed by atoms with Crippen LogP contribution in [0.25, 0.3) is 0 Å². The van der Waals surface area contributed by atoms with Crippen molar-refractivity contribution in [2.45, 2.75) is 6.92 Å². The Bertz CT molecular complexity index is 802. The number of hydrogen-bond acceptors (Lipinski definition) is 5. The molecule has 130 valence electrons. The van der Waals surface area contributed by atoms with E-state index >= 15 is 0 Å². The zero-order chi connectivity index (χ0) is 18.4. The first-order valence-corrected chi connectivity index (χ1v) is 8.11. The molecular formula is C18H16BrNO5. The van der Waals surface area contributed by atoms with Crippen molar-refractivity contribution in [3.8, 4) is 5.75 Å². The van der Waals surface area contributed by atoms with Crippen molar-refractivity contribution in [1.29, 1.82) is 0 Å². The molecule has 0 saturated heterocycles. The Kier molecular flexibility index (Phi) is 6.30. The number of ketones is 1. The number of amides is 1. The maximum absolute atomic E-state index is 12.1. The van der Waals surface area contributed by atoms with Gasteiger partial charge < -0.3 is 14.8 Å². The van der Waals surface area contributed by atoms with Crippen LogP contribution >= 0.6 is 15.9 Å². The predicted octanol–water partition coefficient (Wildman–Crippen LogP) is 3.46. The highest BCUT2D eigenvalue weighted by Gasteiger charge is 2.15. The third-order valence-corrected chi connectivity index (χ3v) is 3.95. The molecular weight excluding hydrogens is 390 g/mol. The van der Waals surface area contributed by atoms with Gasteiger partial charge in [-0.15, -0.1) is 0 Å². The minimum absolute atomic E-state index is 0.197. The van der Waals surface area contributed by atoms with E-state index in [4.69, 9.17) is 9.47 Å². The monoisotopic (exact) mass is 405 g/mol. The standard InChI is InChI=1S/C18H16BrNO5/c1-11(21)20-13-5-3-12(4-6-13)17(22)10-25-18(23)15-9-14(24-2)7-8-16(15)19/h3-9H,10H2,1-2H3,(H,20,21). The Balaban J connectivity index is 1.99. The van der Waals surface area contributed by atoms with Gasteiger partial charge in [-0.3, -0.25) is 9.59 Å². The number of carbonyl (C=O) groups is 3. The van der Waals surface area contributed by atoms with Crippen molar-refractivity contribution < 1.29 is 23.9 Å². The molecule has 1 N–H and O–H groups in total. The van der Waals surface area contributed by atoms with Gasteiger partial charge in [-0.2, -0.15) is 0 Å². The van der Waals surface area contributed by atoms with Crippen LogP contribution in [-0.4, -0.2) is 31.4 Å². The lowest BCUT2D eigenvalue weighted by Gasteiger charge is -2.08. The third kappa shape index (κ3) is 5.15. The number of benzene rings is 2. The van der Waals surface area contributed by atoms with Gasteiger partial charge in [0.2, 0.25) is 5.91 Å². The lowest BCUT2D eigenvalue weighted by molar-refractivity contribution is -0.114. The fourth-order valence-corrected chi connectivity index (χ4v) is 2.43. The number of nitrogens with one attached hydrogen (secondary N) is 1. The average Bonchev–Trinajstić information content (AvgIpc) is 2.60. The number of Topliss-reactive ketones (excluding diaryl/α,β-unsaturated/α-hetero) is 1. The number of carbonyl (C=O) groups excluding carboxylic acids is 3. The minimum atomic E-state index is -0.631. The summed E-state index contributed by atoms with van der Waals surface area (Å²) in [5.74, 6) is -0.664. The molecule has 25 heavy (non-hydrogen) atoms. The van der Waals surface area contributed by atoms with Crippen molar-refractivity contribution in [1.82, 2.24) is 0 Å². The van der Waals surface area contributed by atoms with Gasteiger partial charge in [0.25, 0.3) is 0 Å². The van der Waals surface area contributed by atoms with E-state index in [1.807, 2.05) is 0 Å². The molecule has 0 fully saturated rings. The van der Waals surface area contributed by atoms with Gasteiger partial charge in [0.1, 0.15) is 5.75 Å². The highest BCUT2D eigenvalue weighted by Crippen LogP contribution is 2.23. The molecule has 0 unspecified atom stereocenters. The fourth-order valence-electron chi connectivity index (χ4n) is 2.02. The summed E-state index contributed by atoms with van der Waals surface area (Å²) in [7, 11) is 1.49. The van der Waals surface area contributed by atoms with Gasteiger partial charge in [0.05, 0.1) is 12.7 Å². The van der Waals surface area contributed by atoms with Crippen LogP contribution in [0.4, 0.5) is 5.69 Å². The van der Waals surface area contributed by atoms with Crippen LogP contribution in [0.1, 0.15) is 27.6 Å². The maximum atomic E-state index is 12.1. The van der Waals surface area contributed by atoms with E-state index in [0.29, 0.717) is 21.5 Å².